The normalized spacial score (nSPS) is 19.6. The third-order valence-electron chi connectivity index (χ3n) is 6.68. The van der Waals surface area contributed by atoms with Crippen LogP contribution in [0.5, 0.6) is 0 Å². The Kier molecular flexibility index (Phi) is 9.91. The van der Waals surface area contributed by atoms with E-state index in [4.69, 9.17) is 4.74 Å². The Morgan fingerprint density at radius 2 is 1.88 bits per heavy atom. The molecule has 0 aliphatic carbocycles. The van der Waals surface area contributed by atoms with Gasteiger partial charge in [-0.1, -0.05) is 30.3 Å². The van der Waals surface area contributed by atoms with Crippen LogP contribution in [0.15, 0.2) is 64.5 Å². The van der Waals surface area contributed by atoms with Crippen LogP contribution in [0.25, 0.3) is 0 Å². The monoisotopic (exact) mass is 586 g/mol. The maximum absolute atomic E-state index is 13.2. The number of anilines is 1. The predicted octanol–water partition coefficient (Wildman–Crippen LogP) is 0.502. The highest BCUT2D eigenvalue weighted by Crippen LogP contribution is 2.26. The molecule has 2 aromatic rings. The second-order valence-electron chi connectivity index (χ2n) is 9.69. The summed E-state index contributed by atoms with van der Waals surface area (Å²) in [7, 11) is -4.05. The van der Waals surface area contributed by atoms with Gasteiger partial charge in [-0.15, -0.1) is 0 Å². The molecule has 5 N–H and O–H groups in total. The predicted molar refractivity (Wildman–Crippen MR) is 151 cm³/mol. The first-order chi connectivity index (χ1) is 19.6. The van der Waals surface area contributed by atoms with E-state index >= 15 is 0 Å². The van der Waals surface area contributed by atoms with Gasteiger partial charge in [0.05, 0.1) is 17.5 Å². The minimum atomic E-state index is -4.05. The minimum absolute atomic E-state index is 0.00505. The summed E-state index contributed by atoms with van der Waals surface area (Å²) in [5, 5.41) is 21.3. The summed E-state index contributed by atoms with van der Waals surface area (Å²) >= 11 is 0. The van der Waals surface area contributed by atoms with Gasteiger partial charge in [0, 0.05) is 31.6 Å². The van der Waals surface area contributed by atoms with Crippen LogP contribution in [0, 0.1) is 0 Å². The molecule has 2 heterocycles. The Morgan fingerprint density at radius 1 is 1.15 bits per heavy atom. The number of carbonyl (C=O) groups excluding carboxylic acids is 2. The van der Waals surface area contributed by atoms with Gasteiger partial charge in [0.2, 0.25) is 21.8 Å². The molecule has 2 aliphatic rings. The largest absolute Gasteiger partial charge is 0.480 e. The summed E-state index contributed by atoms with van der Waals surface area (Å²) in [6.07, 6.45) is 0.107. The fourth-order valence-corrected chi connectivity index (χ4v) is 6.04. The molecule has 1 saturated heterocycles. The second-order valence-corrected chi connectivity index (χ2v) is 11.6. The molecule has 0 radical (unpaired) electrons. The lowest BCUT2D eigenvalue weighted by Gasteiger charge is -2.25. The quantitative estimate of drug-likeness (QED) is 0.222. The minimum Gasteiger partial charge on any atom is -0.480 e. The summed E-state index contributed by atoms with van der Waals surface area (Å²) < 4.78 is 32.7. The van der Waals surface area contributed by atoms with Crippen molar-refractivity contribution in [1.29, 1.82) is 0 Å². The Labute approximate surface area is 238 Å². The molecule has 220 valence electrons. The lowest BCUT2D eigenvalue weighted by molar-refractivity contribution is -0.142. The maximum Gasteiger partial charge on any atom is 0.326 e. The Bertz CT molecular complexity index is 1370. The number of carboxylic acids is 1. The van der Waals surface area contributed by atoms with Crippen molar-refractivity contribution in [2.24, 2.45) is 4.99 Å². The van der Waals surface area contributed by atoms with Crippen LogP contribution in [0.3, 0.4) is 0 Å². The number of rotatable bonds is 12. The summed E-state index contributed by atoms with van der Waals surface area (Å²) in [6, 6.07) is 11.7. The van der Waals surface area contributed by atoms with Crippen molar-refractivity contribution >= 4 is 39.5 Å². The molecular weight excluding hydrogens is 552 g/mol. The number of hydrogen-bond acceptors (Lipinski definition) is 9. The van der Waals surface area contributed by atoms with Gasteiger partial charge >= 0.3 is 5.97 Å². The van der Waals surface area contributed by atoms with Crippen LogP contribution in [0.1, 0.15) is 25.3 Å². The number of nitrogens with one attached hydrogen (secondary N) is 4. The number of hydrogen-bond donors (Lipinski definition) is 5. The number of carbonyl (C=O) groups is 3. The lowest BCUT2D eigenvalue weighted by Crippen LogP contribution is -2.54. The molecule has 4 rings (SSSR count). The number of nitrogens with zero attached hydrogens (tertiary/aromatic N) is 2. The highest BCUT2D eigenvalue weighted by molar-refractivity contribution is 7.89. The van der Waals surface area contributed by atoms with E-state index in [1.54, 1.807) is 49.4 Å². The molecule has 1 fully saturated rings. The van der Waals surface area contributed by atoms with Crippen LogP contribution in [0.4, 0.5) is 5.69 Å². The van der Waals surface area contributed by atoms with E-state index in [9.17, 15) is 27.9 Å². The molecule has 1 unspecified atom stereocenters. The van der Waals surface area contributed by atoms with Gasteiger partial charge < -0.3 is 31.1 Å². The van der Waals surface area contributed by atoms with Crippen LogP contribution < -0.4 is 21.3 Å². The Balaban J connectivity index is 1.32. The molecule has 2 aromatic carbocycles. The van der Waals surface area contributed by atoms with Crippen molar-refractivity contribution in [3.63, 3.8) is 0 Å². The van der Waals surface area contributed by atoms with Gasteiger partial charge in [-0.3, -0.25) is 14.6 Å². The molecule has 0 bridgehead atoms. The van der Waals surface area contributed by atoms with E-state index in [-0.39, 0.29) is 24.0 Å². The molecule has 3 atom stereocenters. The molecule has 0 aromatic heterocycles. The van der Waals surface area contributed by atoms with Crippen molar-refractivity contribution < 1.29 is 32.6 Å². The smallest absolute Gasteiger partial charge is 0.326 e. The Hall–Kier alpha value is -4.01. The first kappa shape index (κ1) is 30.0. The lowest BCUT2D eigenvalue weighted by atomic mass is 10.0. The number of amides is 2. The molecule has 0 saturated carbocycles. The fourth-order valence-electron chi connectivity index (χ4n) is 4.50. The number of carboxylic acid groups (broad SMARTS) is 1. The van der Waals surface area contributed by atoms with Crippen LogP contribution >= 0.6 is 0 Å². The highest BCUT2D eigenvalue weighted by Gasteiger charge is 2.45. The van der Waals surface area contributed by atoms with E-state index < -0.39 is 40.1 Å². The summed E-state index contributed by atoms with van der Waals surface area (Å²) in [6.45, 7) is 3.40. The van der Waals surface area contributed by atoms with Gasteiger partial charge in [-0.25, -0.2) is 13.2 Å². The van der Waals surface area contributed by atoms with E-state index in [1.165, 1.54) is 12.1 Å². The fraction of sp³-hybridized carbons (Fsp3) is 0.407. The summed E-state index contributed by atoms with van der Waals surface area (Å²) in [5.74, 6) is -1.44. The molecular formula is C27H34N6O7S. The van der Waals surface area contributed by atoms with Crippen LogP contribution in [-0.2, 0) is 35.6 Å². The summed E-state index contributed by atoms with van der Waals surface area (Å²) in [5.41, 5.74) is 1.16. The zero-order valence-corrected chi connectivity index (χ0v) is 23.4. The molecule has 2 amide bonds. The van der Waals surface area contributed by atoms with E-state index in [1.807, 2.05) is 0 Å². The third kappa shape index (κ3) is 7.80. The van der Waals surface area contributed by atoms with E-state index in [0.29, 0.717) is 30.6 Å². The van der Waals surface area contributed by atoms with Gasteiger partial charge in [0.1, 0.15) is 18.8 Å². The molecule has 2 aliphatic heterocycles. The van der Waals surface area contributed by atoms with Crippen molar-refractivity contribution in [2.75, 3.05) is 31.7 Å². The average Bonchev–Trinajstić information content (AvgIpc) is 3.62. The van der Waals surface area contributed by atoms with E-state index in [0.717, 1.165) is 23.4 Å². The maximum atomic E-state index is 13.2. The number of guanidine groups is 1. The van der Waals surface area contributed by atoms with Crippen molar-refractivity contribution in [3.8, 4) is 0 Å². The van der Waals surface area contributed by atoms with Gasteiger partial charge in [-0.05, 0) is 43.2 Å². The number of aliphatic carboxylic acids is 1. The van der Waals surface area contributed by atoms with Crippen molar-refractivity contribution in [2.45, 2.75) is 49.3 Å². The SMILES string of the molecule is CC1OCN(S(=O)(=O)c2ccccc2)[C@@H]1C(=O)N[C@@H](Cc1ccc(NC(=O)CCCNC2=NCCN2)cc1)C(=O)O. The first-order valence-electron chi connectivity index (χ1n) is 13.3. The standard InChI is InChI=1S/C27H34N6O7S/c1-18-24(33(17-40-18)41(38,39)21-6-3-2-4-7-21)25(35)32-22(26(36)37)16-19-9-11-20(12-10-19)31-23(34)8-5-13-28-27-29-14-15-30-27/h2-4,6-7,9-12,18,22,24H,5,8,13-17H2,1H3,(H,31,34)(H,32,35)(H,36,37)(H2,28,29,30)/t18?,22-,24-/m0/s1. The van der Waals surface area contributed by atoms with Gasteiger partial charge in [-0.2, -0.15) is 4.31 Å². The topological polar surface area (TPSA) is 179 Å². The molecule has 41 heavy (non-hydrogen) atoms. The third-order valence-corrected chi connectivity index (χ3v) is 8.50. The van der Waals surface area contributed by atoms with Crippen molar-refractivity contribution in [1.82, 2.24) is 20.3 Å². The number of sulfonamides is 1. The molecule has 13 nitrogen and oxygen atoms in total. The second kappa shape index (κ2) is 13.6. The van der Waals surface area contributed by atoms with Crippen LogP contribution in [-0.4, -0.2) is 86.1 Å². The van der Waals surface area contributed by atoms with Crippen molar-refractivity contribution in [3.05, 3.63) is 60.2 Å². The Morgan fingerprint density at radius 3 is 2.54 bits per heavy atom. The van der Waals surface area contributed by atoms with E-state index in [2.05, 4.69) is 26.3 Å². The van der Waals surface area contributed by atoms with Gasteiger partial charge in [0.25, 0.3) is 0 Å². The van der Waals surface area contributed by atoms with Gasteiger partial charge in [0.15, 0.2) is 5.96 Å². The first-order valence-corrected chi connectivity index (χ1v) is 14.7. The summed E-state index contributed by atoms with van der Waals surface area (Å²) in [4.78, 5) is 41.7. The highest BCUT2D eigenvalue weighted by atomic mass is 32.2. The molecule has 0 spiro atoms. The molecule has 14 heteroatoms. The number of ether oxygens (including phenoxy) is 1. The zero-order valence-electron chi connectivity index (χ0n) is 22.6. The average molecular weight is 587 g/mol. The number of aliphatic imine (C=N–C) groups is 1. The number of benzene rings is 2. The van der Waals surface area contributed by atoms with Crippen LogP contribution in [0.2, 0.25) is 0 Å². The zero-order chi connectivity index (χ0) is 29.4.